The number of fused-ring (bicyclic) bond motifs is 1. The first-order chi connectivity index (χ1) is 16.5. The Balaban J connectivity index is 1.85. The lowest BCUT2D eigenvalue weighted by molar-refractivity contribution is 0.0512. The van der Waals surface area contributed by atoms with Crippen molar-refractivity contribution in [3.63, 3.8) is 0 Å². The highest BCUT2D eigenvalue weighted by molar-refractivity contribution is 5.93. The molecule has 0 radical (unpaired) electrons. The lowest BCUT2D eigenvalue weighted by atomic mass is 10.1. The van der Waals surface area contributed by atoms with Crippen molar-refractivity contribution in [3.8, 4) is 22.9 Å². The first-order valence-corrected chi connectivity index (χ1v) is 10.4. The predicted molar refractivity (Wildman–Crippen MR) is 126 cm³/mol. The summed E-state index contributed by atoms with van der Waals surface area (Å²) in [5.41, 5.74) is 1.08. The first kappa shape index (κ1) is 22.9. The van der Waals surface area contributed by atoms with Crippen molar-refractivity contribution in [1.82, 2.24) is 4.57 Å². The third kappa shape index (κ3) is 4.87. The zero-order valence-electron chi connectivity index (χ0n) is 18.7. The number of carboxylic acid groups (broad SMARTS) is 1. The van der Waals surface area contributed by atoms with Gasteiger partial charge in [-0.3, -0.25) is 4.79 Å². The first-order valence-electron chi connectivity index (χ1n) is 10.4. The molecule has 0 saturated heterocycles. The smallest absolute Gasteiger partial charge is 0.341 e. The Morgan fingerprint density at radius 1 is 0.912 bits per heavy atom. The molecule has 0 amide bonds. The molecule has 0 spiro atoms. The monoisotopic (exact) mass is 461 g/mol. The summed E-state index contributed by atoms with van der Waals surface area (Å²) < 4.78 is 23.5. The van der Waals surface area contributed by atoms with Crippen LogP contribution in [0.2, 0.25) is 0 Å². The minimum Gasteiger partial charge on any atom is -0.497 e. The molecule has 4 aromatic rings. The van der Waals surface area contributed by atoms with Crippen molar-refractivity contribution in [3.05, 3.63) is 94.3 Å². The SMILES string of the molecule is COCOc1ccc2c(=O)c(C(=O)O)cn(-c3cc(OC)cc(OCc4ccccc4)c3)c2c1. The minimum atomic E-state index is -1.32. The molecule has 1 heterocycles. The molecule has 0 aliphatic rings. The normalized spacial score (nSPS) is 10.8. The molecule has 34 heavy (non-hydrogen) atoms. The fourth-order valence-corrected chi connectivity index (χ4v) is 3.53. The van der Waals surface area contributed by atoms with Gasteiger partial charge >= 0.3 is 5.97 Å². The van der Waals surface area contributed by atoms with Gasteiger partial charge in [-0.25, -0.2) is 4.79 Å². The lowest BCUT2D eigenvalue weighted by Gasteiger charge is -2.16. The molecule has 0 bridgehead atoms. The highest BCUT2D eigenvalue weighted by Crippen LogP contribution is 2.29. The highest BCUT2D eigenvalue weighted by atomic mass is 16.7. The van der Waals surface area contributed by atoms with Crippen LogP contribution in [-0.2, 0) is 11.3 Å². The summed E-state index contributed by atoms with van der Waals surface area (Å²) in [5, 5.41) is 9.86. The average Bonchev–Trinajstić information content (AvgIpc) is 2.86. The number of aromatic carboxylic acids is 1. The van der Waals surface area contributed by atoms with Crippen molar-refractivity contribution in [1.29, 1.82) is 0 Å². The van der Waals surface area contributed by atoms with Gasteiger partial charge < -0.3 is 28.6 Å². The van der Waals surface area contributed by atoms with Crippen molar-refractivity contribution in [2.24, 2.45) is 0 Å². The summed E-state index contributed by atoms with van der Waals surface area (Å²) in [6, 6.07) is 19.7. The summed E-state index contributed by atoms with van der Waals surface area (Å²) in [4.78, 5) is 24.6. The molecule has 174 valence electrons. The maximum Gasteiger partial charge on any atom is 0.341 e. The van der Waals surface area contributed by atoms with E-state index in [1.165, 1.54) is 20.4 Å². The summed E-state index contributed by atoms with van der Waals surface area (Å²) >= 11 is 0. The minimum absolute atomic E-state index is 0.0274. The van der Waals surface area contributed by atoms with E-state index in [0.29, 0.717) is 35.1 Å². The van der Waals surface area contributed by atoms with Crippen molar-refractivity contribution in [2.45, 2.75) is 6.61 Å². The van der Waals surface area contributed by atoms with Crippen LogP contribution in [0.3, 0.4) is 0 Å². The second-order valence-electron chi connectivity index (χ2n) is 7.42. The molecule has 1 N–H and O–H groups in total. The Morgan fingerprint density at radius 3 is 2.38 bits per heavy atom. The second-order valence-corrected chi connectivity index (χ2v) is 7.42. The number of hydrogen-bond donors (Lipinski definition) is 1. The number of pyridine rings is 1. The Hall–Kier alpha value is -4.30. The molecule has 0 atom stereocenters. The van der Waals surface area contributed by atoms with Crippen LogP contribution in [-0.4, -0.2) is 36.7 Å². The van der Waals surface area contributed by atoms with Crippen molar-refractivity contribution < 1.29 is 28.8 Å². The van der Waals surface area contributed by atoms with Crippen LogP contribution in [0, 0.1) is 0 Å². The quantitative estimate of drug-likeness (QED) is 0.372. The van der Waals surface area contributed by atoms with Gasteiger partial charge in [0.15, 0.2) is 6.79 Å². The van der Waals surface area contributed by atoms with Gasteiger partial charge in [0.2, 0.25) is 5.43 Å². The Kier molecular flexibility index (Phi) is 6.79. The number of nitrogens with zero attached hydrogens (tertiary/aromatic N) is 1. The fraction of sp³-hybridized carbons (Fsp3) is 0.154. The van der Waals surface area contributed by atoms with E-state index in [1.54, 1.807) is 41.0 Å². The molecule has 4 rings (SSSR count). The largest absolute Gasteiger partial charge is 0.497 e. The Bertz CT molecular complexity index is 1380. The van der Waals surface area contributed by atoms with Crippen LogP contribution in [0.25, 0.3) is 16.6 Å². The molecule has 8 heteroatoms. The van der Waals surface area contributed by atoms with Gasteiger partial charge in [0.05, 0.1) is 18.3 Å². The average molecular weight is 461 g/mol. The highest BCUT2D eigenvalue weighted by Gasteiger charge is 2.17. The number of rotatable bonds is 9. The van der Waals surface area contributed by atoms with Gasteiger partial charge in [-0.1, -0.05) is 30.3 Å². The number of carboxylic acids is 1. The summed E-state index contributed by atoms with van der Waals surface area (Å²) in [6.07, 6.45) is 1.29. The molecule has 8 nitrogen and oxygen atoms in total. The van der Waals surface area contributed by atoms with E-state index in [0.717, 1.165) is 5.56 Å². The van der Waals surface area contributed by atoms with E-state index in [9.17, 15) is 14.7 Å². The fourth-order valence-electron chi connectivity index (χ4n) is 3.53. The van der Waals surface area contributed by atoms with Crippen LogP contribution in [0.4, 0.5) is 0 Å². The summed E-state index contributed by atoms with van der Waals surface area (Å²) in [7, 11) is 3.03. The topological polar surface area (TPSA) is 96.2 Å². The molecule has 3 aromatic carbocycles. The van der Waals surface area contributed by atoms with Crippen molar-refractivity contribution >= 4 is 16.9 Å². The van der Waals surface area contributed by atoms with E-state index in [1.807, 2.05) is 30.3 Å². The predicted octanol–water partition coefficient (Wildman–Crippen LogP) is 4.26. The number of hydrogen-bond acceptors (Lipinski definition) is 6. The lowest BCUT2D eigenvalue weighted by Crippen LogP contribution is -2.18. The molecular formula is C26H23NO7. The molecular weight excluding hydrogens is 438 g/mol. The van der Waals surface area contributed by atoms with Gasteiger partial charge in [-0.2, -0.15) is 0 Å². The van der Waals surface area contributed by atoms with Gasteiger partial charge in [0, 0.05) is 43.0 Å². The maximum atomic E-state index is 12.8. The van der Waals surface area contributed by atoms with Gasteiger partial charge in [-0.05, 0) is 17.7 Å². The molecule has 0 fully saturated rings. The molecule has 0 aliphatic heterocycles. The summed E-state index contributed by atoms with van der Waals surface area (Å²) in [5.74, 6) is 0.183. The zero-order valence-corrected chi connectivity index (χ0v) is 18.7. The van der Waals surface area contributed by atoms with Crippen LogP contribution in [0.15, 0.2) is 77.7 Å². The van der Waals surface area contributed by atoms with E-state index in [4.69, 9.17) is 18.9 Å². The van der Waals surface area contributed by atoms with Gasteiger partial charge in [0.1, 0.15) is 29.4 Å². The zero-order chi connectivity index (χ0) is 24.1. The van der Waals surface area contributed by atoms with Crippen LogP contribution >= 0.6 is 0 Å². The summed E-state index contributed by atoms with van der Waals surface area (Å²) in [6.45, 7) is 0.368. The van der Waals surface area contributed by atoms with Gasteiger partial charge in [-0.15, -0.1) is 0 Å². The standard InChI is InChI=1S/C26H23NO7/c1-31-16-34-19-8-9-22-24(13-19)27(14-23(25(22)28)26(29)30)18-10-20(32-2)12-21(11-18)33-15-17-6-4-3-5-7-17/h3-14H,15-16H2,1-2H3,(H,29,30). The number of methoxy groups -OCH3 is 2. The number of carbonyl (C=O) groups is 1. The van der Waals surface area contributed by atoms with E-state index in [2.05, 4.69) is 0 Å². The van der Waals surface area contributed by atoms with Crippen molar-refractivity contribution in [2.75, 3.05) is 21.0 Å². The Labute approximate surface area is 195 Å². The molecule has 0 unspecified atom stereocenters. The number of benzene rings is 3. The third-order valence-corrected chi connectivity index (χ3v) is 5.18. The third-order valence-electron chi connectivity index (χ3n) is 5.18. The maximum absolute atomic E-state index is 12.8. The number of aromatic nitrogens is 1. The molecule has 1 aromatic heterocycles. The van der Waals surface area contributed by atoms with Crippen LogP contribution in [0.1, 0.15) is 15.9 Å². The number of ether oxygens (including phenoxy) is 4. The molecule has 0 aliphatic carbocycles. The van der Waals surface area contributed by atoms with Crippen LogP contribution < -0.4 is 19.6 Å². The van der Waals surface area contributed by atoms with Crippen LogP contribution in [0.5, 0.6) is 17.2 Å². The van der Waals surface area contributed by atoms with Gasteiger partial charge in [0.25, 0.3) is 0 Å². The van der Waals surface area contributed by atoms with E-state index in [-0.39, 0.29) is 17.7 Å². The van der Waals surface area contributed by atoms with E-state index >= 15 is 0 Å². The molecule has 0 saturated carbocycles. The second kappa shape index (κ2) is 10.1. The Morgan fingerprint density at radius 2 is 1.68 bits per heavy atom. The van der Waals surface area contributed by atoms with E-state index < -0.39 is 11.4 Å².